The summed E-state index contributed by atoms with van der Waals surface area (Å²) in [6, 6.07) is 2.61. The lowest BCUT2D eigenvalue weighted by Gasteiger charge is -2.18. The third kappa shape index (κ3) is 5.00. The quantitative estimate of drug-likeness (QED) is 0.851. The summed E-state index contributed by atoms with van der Waals surface area (Å²) < 4.78 is 5.51. The van der Waals surface area contributed by atoms with Gasteiger partial charge in [-0.25, -0.2) is 0 Å². The van der Waals surface area contributed by atoms with E-state index in [1.807, 2.05) is 0 Å². The summed E-state index contributed by atoms with van der Waals surface area (Å²) >= 11 is 1.71. The molecule has 0 aliphatic heterocycles. The van der Waals surface area contributed by atoms with E-state index in [1.54, 1.807) is 11.3 Å². The van der Waals surface area contributed by atoms with Crippen LogP contribution >= 0.6 is 11.3 Å². The van der Waals surface area contributed by atoms with E-state index in [4.69, 9.17) is 4.42 Å². The molecule has 0 aromatic carbocycles. The van der Waals surface area contributed by atoms with Crippen LogP contribution in [0.1, 0.15) is 32.2 Å². The molecule has 0 aliphatic rings. The van der Waals surface area contributed by atoms with E-state index < -0.39 is 0 Å². The zero-order valence-corrected chi connectivity index (χ0v) is 12.4. The first-order chi connectivity index (χ1) is 9.03. The molecule has 0 aliphatic carbocycles. The predicted molar refractivity (Wildman–Crippen MR) is 77.4 cm³/mol. The molecule has 2 rings (SSSR count). The number of thiophene rings is 1. The van der Waals surface area contributed by atoms with Crippen LogP contribution in [0.25, 0.3) is 0 Å². The van der Waals surface area contributed by atoms with Gasteiger partial charge in [-0.3, -0.25) is 0 Å². The Balaban J connectivity index is 1.74. The van der Waals surface area contributed by atoms with Crippen molar-refractivity contribution in [3.8, 4) is 0 Å². The zero-order chi connectivity index (χ0) is 13.7. The second kappa shape index (κ2) is 6.16. The van der Waals surface area contributed by atoms with Crippen molar-refractivity contribution >= 4 is 17.4 Å². The van der Waals surface area contributed by atoms with Gasteiger partial charge in [0.25, 0.3) is 0 Å². The zero-order valence-electron chi connectivity index (χ0n) is 11.6. The lowest BCUT2D eigenvalue weighted by molar-refractivity contribution is 0.383. The van der Waals surface area contributed by atoms with Gasteiger partial charge in [-0.1, -0.05) is 5.10 Å². The van der Waals surface area contributed by atoms with Crippen LogP contribution in [0, 0.1) is 0 Å². The Labute approximate surface area is 117 Å². The highest BCUT2D eigenvalue weighted by Gasteiger charge is 2.11. The standard InChI is InChI=1S/C13H20N4OS/c1-13(2,3)15-8-11-16-17-12(18-11)14-6-4-10-5-7-19-9-10/h5,7,9,15H,4,6,8H2,1-3H3,(H,14,17). The fourth-order valence-electron chi connectivity index (χ4n) is 1.49. The number of hydrogen-bond donors (Lipinski definition) is 2. The van der Waals surface area contributed by atoms with Crippen LogP contribution in [0.3, 0.4) is 0 Å². The third-order valence-electron chi connectivity index (χ3n) is 2.51. The van der Waals surface area contributed by atoms with E-state index in [9.17, 15) is 0 Å². The van der Waals surface area contributed by atoms with Crippen LogP contribution in [0.4, 0.5) is 6.01 Å². The molecule has 0 radical (unpaired) electrons. The minimum atomic E-state index is 0.0427. The van der Waals surface area contributed by atoms with Gasteiger partial charge in [-0.2, -0.15) is 11.3 Å². The molecule has 2 N–H and O–H groups in total. The molecule has 0 unspecified atom stereocenters. The minimum Gasteiger partial charge on any atom is -0.407 e. The topological polar surface area (TPSA) is 63.0 Å². The average molecular weight is 280 g/mol. The van der Waals surface area contributed by atoms with Crippen molar-refractivity contribution in [1.82, 2.24) is 15.5 Å². The molecule has 2 aromatic rings. The Morgan fingerprint density at radius 2 is 2.16 bits per heavy atom. The van der Waals surface area contributed by atoms with E-state index in [-0.39, 0.29) is 5.54 Å². The molecule has 2 heterocycles. The van der Waals surface area contributed by atoms with E-state index in [1.165, 1.54) is 5.56 Å². The monoisotopic (exact) mass is 280 g/mol. The Morgan fingerprint density at radius 3 is 2.84 bits per heavy atom. The Morgan fingerprint density at radius 1 is 1.32 bits per heavy atom. The molecular formula is C13H20N4OS. The van der Waals surface area contributed by atoms with Crippen LogP contribution in [-0.4, -0.2) is 22.3 Å². The lowest BCUT2D eigenvalue weighted by Crippen LogP contribution is -2.35. The van der Waals surface area contributed by atoms with E-state index in [2.05, 4.69) is 58.4 Å². The van der Waals surface area contributed by atoms with Gasteiger partial charge in [-0.15, -0.1) is 5.10 Å². The first-order valence-corrected chi connectivity index (χ1v) is 7.29. The largest absolute Gasteiger partial charge is 0.407 e. The van der Waals surface area contributed by atoms with Crippen LogP contribution in [0.5, 0.6) is 0 Å². The third-order valence-corrected chi connectivity index (χ3v) is 3.24. The van der Waals surface area contributed by atoms with E-state index in [0.29, 0.717) is 18.5 Å². The summed E-state index contributed by atoms with van der Waals surface area (Å²) in [5.41, 5.74) is 1.37. The summed E-state index contributed by atoms with van der Waals surface area (Å²) in [7, 11) is 0. The number of aromatic nitrogens is 2. The Bertz CT molecular complexity index is 487. The van der Waals surface area contributed by atoms with Gasteiger partial charge in [0.2, 0.25) is 5.89 Å². The summed E-state index contributed by atoms with van der Waals surface area (Å²) in [6.07, 6.45) is 0.960. The van der Waals surface area contributed by atoms with Crippen molar-refractivity contribution in [3.05, 3.63) is 28.3 Å². The SMILES string of the molecule is CC(C)(C)NCc1nnc(NCCc2ccsc2)o1. The summed E-state index contributed by atoms with van der Waals surface area (Å²) in [4.78, 5) is 0. The van der Waals surface area contributed by atoms with E-state index in [0.717, 1.165) is 13.0 Å². The second-order valence-corrected chi connectivity index (χ2v) is 6.19. The van der Waals surface area contributed by atoms with Gasteiger partial charge in [0.15, 0.2) is 0 Å². The van der Waals surface area contributed by atoms with Gasteiger partial charge in [-0.05, 0) is 49.6 Å². The number of nitrogens with one attached hydrogen (secondary N) is 2. The van der Waals surface area contributed by atoms with E-state index >= 15 is 0 Å². The van der Waals surface area contributed by atoms with Gasteiger partial charge < -0.3 is 15.1 Å². The first kappa shape index (κ1) is 14.0. The lowest BCUT2D eigenvalue weighted by atomic mass is 10.1. The van der Waals surface area contributed by atoms with Crippen molar-refractivity contribution in [2.45, 2.75) is 39.3 Å². The molecule has 0 saturated carbocycles. The van der Waals surface area contributed by atoms with Gasteiger partial charge >= 0.3 is 6.01 Å². The average Bonchev–Trinajstić information content (AvgIpc) is 2.97. The second-order valence-electron chi connectivity index (χ2n) is 5.41. The normalized spacial score (nSPS) is 11.7. The highest BCUT2D eigenvalue weighted by atomic mass is 32.1. The number of nitrogens with zero attached hydrogens (tertiary/aromatic N) is 2. The highest BCUT2D eigenvalue weighted by Crippen LogP contribution is 2.09. The number of anilines is 1. The summed E-state index contributed by atoms with van der Waals surface area (Å²) in [5.74, 6) is 0.605. The van der Waals surface area contributed by atoms with Crippen LogP contribution in [0.2, 0.25) is 0 Å². The molecular weight excluding hydrogens is 260 g/mol. The first-order valence-electron chi connectivity index (χ1n) is 6.35. The molecule has 19 heavy (non-hydrogen) atoms. The smallest absolute Gasteiger partial charge is 0.315 e. The van der Waals surface area contributed by atoms with Crippen LogP contribution in [-0.2, 0) is 13.0 Å². The van der Waals surface area contributed by atoms with Crippen molar-refractivity contribution in [2.75, 3.05) is 11.9 Å². The van der Waals surface area contributed by atoms with Gasteiger partial charge in [0.05, 0.1) is 6.54 Å². The van der Waals surface area contributed by atoms with Crippen LogP contribution < -0.4 is 10.6 Å². The molecule has 0 amide bonds. The maximum atomic E-state index is 5.51. The fraction of sp³-hybridized carbons (Fsp3) is 0.538. The summed E-state index contributed by atoms with van der Waals surface area (Å²) in [5, 5.41) is 18.6. The fourth-order valence-corrected chi connectivity index (χ4v) is 2.19. The molecule has 0 spiro atoms. The highest BCUT2D eigenvalue weighted by molar-refractivity contribution is 7.07. The molecule has 0 fully saturated rings. The maximum absolute atomic E-state index is 5.51. The van der Waals surface area contributed by atoms with Gasteiger partial charge in [0, 0.05) is 12.1 Å². The Kier molecular flexibility index (Phi) is 4.55. The van der Waals surface area contributed by atoms with Crippen molar-refractivity contribution in [2.24, 2.45) is 0 Å². The molecule has 104 valence electrons. The maximum Gasteiger partial charge on any atom is 0.315 e. The molecule has 2 aromatic heterocycles. The number of rotatable bonds is 6. The molecule has 6 heteroatoms. The number of hydrogen-bond acceptors (Lipinski definition) is 6. The van der Waals surface area contributed by atoms with Crippen molar-refractivity contribution in [3.63, 3.8) is 0 Å². The van der Waals surface area contributed by atoms with Crippen molar-refractivity contribution in [1.29, 1.82) is 0 Å². The van der Waals surface area contributed by atoms with Crippen LogP contribution in [0.15, 0.2) is 21.2 Å². The van der Waals surface area contributed by atoms with Gasteiger partial charge in [0.1, 0.15) is 0 Å². The molecule has 0 bridgehead atoms. The minimum absolute atomic E-state index is 0.0427. The molecule has 0 atom stereocenters. The summed E-state index contributed by atoms with van der Waals surface area (Å²) in [6.45, 7) is 7.68. The Hall–Kier alpha value is -1.40. The molecule has 0 saturated heterocycles. The van der Waals surface area contributed by atoms with Crippen molar-refractivity contribution < 1.29 is 4.42 Å². The predicted octanol–water partition coefficient (Wildman–Crippen LogP) is 2.67. The molecule has 5 nitrogen and oxygen atoms in total.